The maximum absolute atomic E-state index is 11.8. The number of amides is 2. The third-order valence-corrected chi connectivity index (χ3v) is 3.68. The lowest BCUT2D eigenvalue weighted by molar-refractivity contribution is -0.136. The number of carboxylic acid groups (broad SMARTS) is 1. The quantitative estimate of drug-likeness (QED) is 0.688. The number of carbonyl (C=O) groups is 2. The maximum Gasteiger partial charge on any atom is 0.315 e. The Morgan fingerprint density at radius 3 is 2.57 bits per heavy atom. The first-order valence-electron chi connectivity index (χ1n) is 6.84. The van der Waals surface area contributed by atoms with Crippen LogP contribution in [0.4, 0.5) is 4.79 Å². The molecule has 0 fully saturated rings. The Bertz CT molecular complexity index is 480. The highest BCUT2D eigenvalue weighted by molar-refractivity contribution is 7.98. The van der Waals surface area contributed by atoms with Gasteiger partial charge in [0.15, 0.2) is 0 Å². The zero-order chi connectivity index (χ0) is 15.7. The molecule has 0 saturated carbocycles. The number of carboxylic acids is 1. The van der Waals surface area contributed by atoms with Crippen molar-refractivity contribution in [1.82, 2.24) is 10.6 Å². The summed E-state index contributed by atoms with van der Waals surface area (Å²) in [6.07, 6.45) is 2.92. The van der Waals surface area contributed by atoms with Crippen LogP contribution in [0.1, 0.15) is 24.5 Å². The van der Waals surface area contributed by atoms with Crippen LogP contribution in [0.15, 0.2) is 24.3 Å². The van der Waals surface area contributed by atoms with E-state index in [9.17, 15) is 9.59 Å². The van der Waals surface area contributed by atoms with Gasteiger partial charge in [-0.15, -0.1) is 0 Å². The molecule has 21 heavy (non-hydrogen) atoms. The largest absolute Gasteiger partial charge is 0.481 e. The molecule has 0 spiro atoms. The van der Waals surface area contributed by atoms with Gasteiger partial charge in [-0.2, -0.15) is 11.8 Å². The molecular formula is C15H22N2O3S. The summed E-state index contributed by atoms with van der Waals surface area (Å²) in [5.41, 5.74) is 1.55. The molecule has 1 aromatic rings. The number of hydrogen-bond acceptors (Lipinski definition) is 3. The van der Waals surface area contributed by atoms with Gasteiger partial charge in [0.2, 0.25) is 0 Å². The van der Waals surface area contributed by atoms with Gasteiger partial charge in [0.05, 0.1) is 6.42 Å². The van der Waals surface area contributed by atoms with E-state index >= 15 is 0 Å². The van der Waals surface area contributed by atoms with Gasteiger partial charge in [-0.25, -0.2) is 4.79 Å². The van der Waals surface area contributed by atoms with E-state index in [0.717, 1.165) is 23.3 Å². The Labute approximate surface area is 129 Å². The van der Waals surface area contributed by atoms with Crippen molar-refractivity contribution in [3.63, 3.8) is 0 Å². The molecule has 0 saturated heterocycles. The molecule has 0 heterocycles. The standard InChI is InChI=1S/C15H22N2O3S/c1-11(7-8-21-2)17-15(20)16-10-13-6-4-3-5-12(13)9-14(18)19/h3-6,11H,7-10H2,1-2H3,(H,18,19)(H2,16,17,20). The number of benzene rings is 1. The van der Waals surface area contributed by atoms with Crippen LogP contribution in [-0.4, -0.2) is 35.2 Å². The summed E-state index contributed by atoms with van der Waals surface area (Å²) in [5.74, 6) is 0.126. The zero-order valence-corrected chi connectivity index (χ0v) is 13.2. The number of carbonyl (C=O) groups excluding carboxylic acids is 1. The van der Waals surface area contributed by atoms with Crippen LogP contribution < -0.4 is 10.6 Å². The average molecular weight is 310 g/mol. The summed E-state index contributed by atoms with van der Waals surface area (Å²) < 4.78 is 0. The molecule has 0 aliphatic rings. The highest BCUT2D eigenvalue weighted by Gasteiger charge is 2.09. The van der Waals surface area contributed by atoms with Crippen LogP contribution in [-0.2, 0) is 17.8 Å². The van der Waals surface area contributed by atoms with E-state index in [-0.39, 0.29) is 18.5 Å². The Morgan fingerprint density at radius 2 is 1.95 bits per heavy atom. The molecule has 1 atom stereocenters. The molecule has 3 N–H and O–H groups in total. The molecule has 0 aromatic heterocycles. The Kier molecular flexibility index (Phi) is 7.68. The molecule has 2 amide bonds. The lowest BCUT2D eigenvalue weighted by Crippen LogP contribution is -2.40. The monoisotopic (exact) mass is 310 g/mol. The summed E-state index contributed by atoms with van der Waals surface area (Å²) >= 11 is 1.75. The lowest BCUT2D eigenvalue weighted by atomic mass is 10.0. The van der Waals surface area contributed by atoms with Crippen molar-refractivity contribution in [3.8, 4) is 0 Å². The third-order valence-electron chi connectivity index (χ3n) is 3.03. The fraction of sp³-hybridized carbons (Fsp3) is 0.467. The third kappa shape index (κ3) is 7.04. The maximum atomic E-state index is 11.8. The minimum absolute atomic E-state index is 0.0381. The van der Waals surface area contributed by atoms with E-state index in [0.29, 0.717) is 6.54 Å². The summed E-state index contributed by atoms with van der Waals surface area (Å²) in [5, 5.41) is 14.5. The van der Waals surface area contributed by atoms with Gasteiger partial charge in [0.25, 0.3) is 0 Å². The fourth-order valence-corrected chi connectivity index (χ4v) is 2.47. The van der Waals surface area contributed by atoms with Crippen molar-refractivity contribution < 1.29 is 14.7 Å². The van der Waals surface area contributed by atoms with Gasteiger partial charge >= 0.3 is 12.0 Å². The van der Waals surface area contributed by atoms with Crippen molar-refractivity contribution in [2.24, 2.45) is 0 Å². The molecule has 6 heteroatoms. The topological polar surface area (TPSA) is 78.4 Å². The van der Waals surface area contributed by atoms with Crippen molar-refractivity contribution >= 4 is 23.8 Å². The van der Waals surface area contributed by atoms with Crippen LogP contribution in [0.3, 0.4) is 0 Å². The van der Waals surface area contributed by atoms with Gasteiger partial charge in [-0.3, -0.25) is 4.79 Å². The number of thioether (sulfide) groups is 1. The van der Waals surface area contributed by atoms with Crippen molar-refractivity contribution in [3.05, 3.63) is 35.4 Å². The van der Waals surface area contributed by atoms with Crippen LogP contribution in [0.2, 0.25) is 0 Å². The van der Waals surface area contributed by atoms with Crippen LogP contribution in [0.25, 0.3) is 0 Å². The first-order chi connectivity index (χ1) is 10.0. The van der Waals surface area contributed by atoms with Crippen LogP contribution >= 0.6 is 11.8 Å². The summed E-state index contributed by atoms with van der Waals surface area (Å²) in [7, 11) is 0. The Hall–Kier alpha value is -1.69. The molecule has 1 rings (SSSR count). The second kappa shape index (κ2) is 9.28. The summed E-state index contributed by atoms with van der Waals surface area (Å²) in [6.45, 7) is 2.29. The highest BCUT2D eigenvalue weighted by Crippen LogP contribution is 2.09. The number of hydrogen-bond donors (Lipinski definition) is 3. The molecule has 5 nitrogen and oxygen atoms in total. The number of aliphatic carboxylic acids is 1. The molecule has 116 valence electrons. The van der Waals surface area contributed by atoms with E-state index in [1.54, 1.807) is 23.9 Å². The molecule has 0 aliphatic heterocycles. The first kappa shape index (κ1) is 17.4. The van der Waals surface area contributed by atoms with E-state index in [1.807, 2.05) is 25.3 Å². The second-order valence-electron chi connectivity index (χ2n) is 4.85. The van der Waals surface area contributed by atoms with Gasteiger partial charge < -0.3 is 15.7 Å². The normalized spacial score (nSPS) is 11.7. The Balaban J connectivity index is 2.47. The van der Waals surface area contributed by atoms with E-state index in [2.05, 4.69) is 10.6 Å². The van der Waals surface area contributed by atoms with E-state index in [4.69, 9.17) is 5.11 Å². The first-order valence-corrected chi connectivity index (χ1v) is 8.24. The predicted molar refractivity (Wildman–Crippen MR) is 85.6 cm³/mol. The number of rotatable bonds is 8. The molecule has 0 radical (unpaired) electrons. The summed E-state index contributed by atoms with van der Waals surface area (Å²) in [4.78, 5) is 22.6. The smallest absolute Gasteiger partial charge is 0.315 e. The van der Waals surface area contributed by atoms with E-state index < -0.39 is 5.97 Å². The van der Waals surface area contributed by atoms with Crippen molar-refractivity contribution in [1.29, 1.82) is 0 Å². The molecule has 0 bridgehead atoms. The van der Waals surface area contributed by atoms with Crippen LogP contribution in [0.5, 0.6) is 0 Å². The van der Waals surface area contributed by atoms with Gasteiger partial charge in [-0.05, 0) is 36.5 Å². The summed E-state index contributed by atoms with van der Waals surface area (Å²) in [6, 6.07) is 7.12. The van der Waals surface area contributed by atoms with Crippen LogP contribution in [0, 0.1) is 0 Å². The fourth-order valence-electron chi connectivity index (χ4n) is 1.88. The Morgan fingerprint density at radius 1 is 1.29 bits per heavy atom. The molecule has 1 aromatic carbocycles. The molecule has 0 aliphatic carbocycles. The van der Waals surface area contributed by atoms with Gasteiger partial charge in [0, 0.05) is 12.6 Å². The SMILES string of the molecule is CSCCC(C)NC(=O)NCc1ccccc1CC(=O)O. The number of urea groups is 1. The minimum atomic E-state index is -0.877. The van der Waals surface area contributed by atoms with Crippen molar-refractivity contribution in [2.75, 3.05) is 12.0 Å². The minimum Gasteiger partial charge on any atom is -0.481 e. The zero-order valence-electron chi connectivity index (χ0n) is 12.4. The lowest BCUT2D eigenvalue weighted by Gasteiger charge is -2.15. The number of nitrogens with one attached hydrogen (secondary N) is 2. The predicted octanol–water partition coefficient (Wildman–Crippen LogP) is 2.25. The molecular weight excluding hydrogens is 288 g/mol. The second-order valence-corrected chi connectivity index (χ2v) is 5.83. The van der Waals surface area contributed by atoms with Crippen molar-refractivity contribution in [2.45, 2.75) is 32.4 Å². The van der Waals surface area contributed by atoms with Gasteiger partial charge in [0.1, 0.15) is 0 Å². The average Bonchev–Trinajstić information content (AvgIpc) is 2.43. The van der Waals surface area contributed by atoms with E-state index in [1.165, 1.54) is 0 Å². The highest BCUT2D eigenvalue weighted by atomic mass is 32.2. The molecule has 1 unspecified atom stereocenters. The van der Waals surface area contributed by atoms with Gasteiger partial charge in [-0.1, -0.05) is 24.3 Å².